The van der Waals surface area contributed by atoms with Crippen molar-refractivity contribution in [1.29, 1.82) is 0 Å². The van der Waals surface area contributed by atoms with Gasteiger partial charge in [0.25, 0.3) is 0 Å². The summed E-state index contributed by atoms with van der Waals surface area (Å²) in [6.45, 7) is -0.587. The Morgan fingerprint density at radius 2 is 1.60 bits per heavy atom. The molecule has 1 atom stereocenters. The van der Waals surface area contributed by atoms with Crippen LogP contribution in [0.15, 0.2) is 48.5 Å². The van der Waals surface area contributed by atoms with Crippen molar-refractivity contribution in [1.82, 2.24) is 10.6 Å². The lowest BCUT2D eigenvalue weighted by Gasteiger charge is -2.17. The van der Waals surface area contributed by atoms with Crippen molar-refractivity contribution in [3.8, 4) is 23.5 Å². The Labute approximate surface area is 173 Å². The van der Waals surface area contributed by atoms with Crippen LogP contribution in [0.5, 0.6) is 0 Å². The molecular weight excluding hydrogens is 388 g/mol. The maximum absolute atomic E-state index is 12.2. The highest BCUT2D eigenvalue weighted by Crippen LogP contribution is 2.44. The van der Waals surface area contributed by atoms with E-state index in [0.29, 0.717) is 0 Å². The molecule has 0 unspecified atom stereocenters. The van der Waals surface area contributed by atoms with Crippen LogP contribution in [-0.2, 0) is 14.3 Å². The summed E-state index contributed by atoms with van der Waals surface area (Å²) in [5, 5.41) is 13.7. The van der Waals surface area contributed by atoms with E-state index in [1.54, 1.807) is 0 Å². The van der Waals surface area contributed by atoms with Crippen LogP contribution >= 0.6 is 0 Å². The Morgan fingerprint density at radius 1 is 1.00 bits per heavy atom. The Kier molecular flexibility index (Phi) is 6.55. The number of aliphatic carboxylic acids is 1. The average molecular weight is 408 g/mol. The molecule has 2 amide bonds. The summed E-state index contributed by atoms with van der Waals surface area (Å²) in [5.74, 6) is 0.627. The SMILES string of the molecule is C#CCOC(=O)NC[C@H](NC(=O)OCC1c2ccccc2-c2ccccc21)C(=O)O. The second-order valence-corrected chi connectivity index (χ2v) is 6.52. The molecule has 0 bridgehead atoms. The number of carboxylic acids is 1. The first kappa shape index (κ1) is 20.7. The number of hydrogen-bond donors (Lipinski definition) is 3. The fourth-order valence-corrected chi connectivity index (χ4v) is 3.33. The highest BCUT2D eigenvalue weighted by molar-refractivity contribution is 5.81. The van der Waals surface area contributed by atoms with Gasteiger partial charge in [0.05, 0.1) is 6.54 Å². The number of amides is 2. The topological polar surface area (TPSA) is 114 Å². The number of rotatable bonds is 7. The van der Waals surface area contributed by atoms with E-state index in [1.807, 2.05) is 48.5 Å². The number of carboxylic acid groups (broad SMARTS) is 1. The standard InChI is InChI=1S/C22H20N2O6/c1-2-11-29-21(27)23-12-19(20(25)26)24-22(28)30-13-18-16-9-5-3-7-14(16)15-8-4-6-10-17(15)18/h1,3-10,18-19H,11-13H2,(H,23,27)(H,24,28)(H,25,26)/t19-/m0/s1. The molecule has 8 nitrogen and oxygen atoms in total. The van der Waals surface area contributed by atoms with E-state index in [2.05, 4.69) is 21.3 Å². The first-order valence-electron chi connectivity index (χ1n) is 9.19. The Morgan fingerprint density at radius 3 is 2.17 bits per heavy atom. The lowest BCUT2D eigenvalue weighted by Crippen LogP contribution is -2.48. The summed E-state index contributed by atoms with van der Waals surface area (Å²) in [4.78, 5) is 34.9. The van der Waals surface area contributed by atoms with Crippen LogP contribution in [0.3, 0.4) is 0 Å². The summed E-state index contributed by atoms with van der Waals surface area (Å²) in [6, 6.07) is 14.3. The highest BCUT2D eigenvalue weighted by Gasteiger charge is 2.29. The second-order valence-electron chi connectivity index (χ2n) is 6.52. The molecule has 0 fully saturated rings. The van der Waals surface area contributed by atoms with Crippen LogP contribution in [0.2, 0.25) is 0 Å². The lowest BCUT2D eigenvalue weighted by atomic mass is 9.98. The summed E-state index contributed by atoms with van der Waals surface area (Å²) in [7, 11) is 0. The van der Waals surface area contributed by atoms with Crippen molar-refractivity contribution < 1.29 is 29.0 Å². The zero-order chi connectivity index (χ0) is 21.5. The number of fused-ring (bicyclic) bond motifs is 3. The quantitative estimate of drug-likeness (QED) is 0.606. The number of ether oxygens (including phenoxy) is 2. The Balaban J connectivity index is 1.59. The molecule has 0 saturated heterocycles. The largest absolute Gasteiger partial charge is 0.480 e. The van der Waals surface area contributed by atoms with Gasteiger partial charge in [0.2, 0.25) is 0 Å². The number of carbonyl (C=O) groups is 3. The minimum atomic E-state index is -1.39. The Bertz CT molecular complexity index is 952. The normalized spacial score (nSPS) is 12.6. The number of carbonyl (C=O) groups excluding carboxylic acids is 2. The lowest BCUT2D eigenvalue weighted by molar-refractivity contribution is -0.139. The van der Waals surface area contributed by atoms with Gasteiger partial charge in [0, 0.05) is 5.92 Å². The van der Waals surface area contributed by atoms with Crippen molar-refractivity contribution in [3.63, 3.8) is 0 Å². The van der Waals surface area contributed by atoms with Crippen LogP contribution in [0.1, 0.15) is 17.0 Å². The van der Waals surface area contributed by atoms with Crippen molar-refractivity contribution in [2.24, 2.45) is 0 Å². The zero-order valence-electron chi connectivity index (χ0n) is 16.0. The molecule has 0 heterocycles. The third kappa shape index (κ3) is 4.70. The maximum atomic E-state index is 12.2. The molecule has 3 rings (SSSR count). The molecular formula is C22H20N2O6. The van der Waals surface area contributed by atoms with Gasteiger partial charge < -0.3 is 25.2 Å². The molecule has 154 valence electrons. The van der Waals surface area contributed by atoms with E-state index in [0.717, 1.165) is 22.3 Å². The van der Waals surface area contributed by atoms with Gasteiger partial charge in [-0.2, -0.15) is 0 Å². The molecule has 8 heteroatoms. The molecule has 0 spiro atoms. The number of benzene rings is 2. The predicted octanol–water partition coefficient (Wildman–Crippen LogP) is 2.34. The molecule has 0 aliphatic heterocycles. The summed E-state index contributed by atoms with van der Waals surface area (Å²) >= 11 is 0. The number of terminal acetylenes is 1. The van der Waals surface area contributed by atoms with Crippen LogP contribution in [-0.4, -0.2) is 49.1 Å². The van der Waals surface area contributed by atoms with Crippen LogP contribution < -0.4 is 10.6 Å². The molecule has 30 heavy (non-hydrogen) atoms. The molecule has 1 aliphatic carbocycles. The van der Waals surface area contributed by atoms with Gasteiger partial charge in [-0.05, 0) is 22.3 Å². The minimum Gasteiger partial charge on any atom is -0.480 e. The Hall–Kier alpha value is -3.99. The molecule has 1 aliphatic rings. The first-order chi connectivity index (χ1) is 14.5. The highest BCUT2D eigenvalue weighted by atomic mass is 16.6. The van der Waals surface area contributed by atoms with Gasteiger partial charge in [-0.3, -0.25) is 0 Å². The van der Waals surface area contributed by atoms with E-state index in [4.69, 9.17) is 11.2 Å². The third-order valence-corrected chi connectivity index (χ3v) is 4.67. The third-order valence-electron chi connectivity index (χ3n) is 4.67. The monoisotopic (exact) mass is 408 g/mol. The first-order valence-corrected chi connectivity index (χ1v) is 9.19. The van der Waals surface area contributed by atoms with Gasteiger partial charge in [0.1, 0.15) is 12.6 Å². The minimum absolute atomic E-state index is 0.0455. The zero-order valence-corrected chi connectivity index (χ0v) is 16.0. The molecule has 0 radical (unpaired) electrons. The van der Waals surface area contributed by atoms with Gasteiger partial charge >= 0.3 is 18.2 Å². The number of nitrogens with one attached hydrogen (secondary N) is 2. The molecule has 3 N–H and O–H groups in total. The number of alkyl carbamates (subject to hydrolysis) is 2. The van der Waals surface area contributed by atoms with Crippen molar-refractivity contribution in [2.45, 2.75) is 12.0 Å². The predicted molar refractivity (Wildman–Crippen MR) is 108 cm³/mol. The summed E-state index contributed by atoms with van der Waals surface area (Å²) in [6.07, 6.45) is 3.19. The fraction of sp³-hybridized carbons (Fsp3) is 0.227. The van der Waals surface area contributed by atoms with E-state index in [9.17, 15) is 19.5 Å². The molecule has 0 saturated carbocycles. The van der Waals surface area contributed by atoms with Gasteiger partial charge in [-0.15, -0.1) is 6.42 Å². The van der Waals surface area contributed by atoms with Gasteiger partial charge in [-0.25, -0.2) is 14.4 Å². The second kappa shape index (κ2) is 9.47. The average Bonchev–Trinajstić information content (AvgIpc) is 3.07. The summed E-state index contributed by atoms with van der Waals surface area (Å²) < 4.78 is 9.89. The maximum Gasteiger partial charge on any atom is 0.408 e. The van der Waals surface area contributed by atoms with Gasteiger partial charge in [0.15, 0.2) is 6.61 Å². The van der Waals surface area contributed by atoms with Crippen molar-refractivity contribution in [3.05, 3.63) is 59.7 Å². The van der Waals surface area contributed by atoms with E-state index in [-0.39, 0.29) is 25.7 Å². The van der Waals surface area contributed by atoms with Crippen molar-refractivity contribution >= 4 is 18.2 Å². The van der Waals surface area contributed by atoms with E-state index < -0.39 is 24.2 Å². The van der Waals surface area contributed by atoms with Crippen molar-refractivity contribution in [2.75, 3.05) is 19.8 Å². The van der Waals surface area contributed by atoms with Crippen LogP contribution in [0.4, 0.5) is 9.59 Å². The fourth-order valence-electron chi connectivity index (χ4n) is 3.33. The van der Waals surface area contributed by atoms with Crippen LogP contribution in [0.25, 0.3) is 11.1 Å². The molecule has 0 aromatic heterocycles. The van der Waals surface area contributed by atoms with Gasteiger partial charge in [-0.1, -0.05) is 54.5 Å². The van der Waals surface area contributed by atoms with Crippen LogP contribution in [0, 0.1) is 12.3 Å². The summed E-state index contributed by atoms with van der Waals surface area (Å²) in [5.41, 5.74) is 4.25. The molecule has 2 aromatic carbocycles. The molecule has 2 aromatic rings. The van der Waals surface area contributed by atoms with E-state index in [1.165, 1.54) is 0 Å². The smallest absolute Gasteiger partial charge is 0.408 e. The van der Waals surface area contributed by atoms with E-state index >= 15 is 0 Å². The number of hydrogen-bond acceptors (Lipinski definition) is 5.